The fourth-order valence-corrected chi connectivity index (χ4v) is 5.59. The van der Waals surface area contributed by atoms with E-state index in [1.54, 1.807) is 46.4 Å². The maximum Gasteiger partial charge on any atom is 0.408 e. The second-order valence-electron chi connectivity index (χ2n) is 15.0. The molecule has 0 aliphatic heterocycles. The zero-order chi connectivity index (χ0) is 36.4. The maximum absolute atomic E-state index is 14.7. The minimum atomic E-state index is -1.14. The molecule has 0 bridgehead atoms. The van der Waals surface area contributed by atoms with Crippen LogP contribution in [0.3, 0.4) is 0 Å². The lowest BCUT2D eigenvalue weighted by Gasteiger charge is -2.39. The van der Waals surface area contributed by atoms with Gasteiger partial charge in [0.1, 0.15) is 29.3 Å². The molecule has 2 rings (SSSR count). The van der Waals surface area contributed by atoms with Crippen molar-refractivity contribution in [3.05, 3.63) is 70.8 Å². The molecule has 0 fully saturated rings. The third kappa shape index (κ3) is 13.2. The molecule has 0 saturated carbocycles. The van der Waals surface area contributed by atoms with Gasteiger partial charge in [-0.2, -0.15) is 12.6 Å². The van der Waals surface area contributed by atoms with Crippen molar-refractivity contribution in [2.75, 3.05) is 5.75 Å². The van der Waals surface area contributed by atoms with Gasteiger partial charge in [0, 0.05) is 18.2 Å². The lowest BCUT2D eigenvalue weighted by atomic mass is 9.93. The SMILES string of the molecule is Cc1ccc(C(C(=O)NC(Cc2ccccc2)C(=O)OC(C)(C)C)N(C(=O)C(CS)NC(=O)OC(C)(C)C)C(C)CCC(C)C)c(C)c1. The molecule has 2 N–H and O–H groups in total. The van der Waals surface area contributed by atoms with E-state index >= 15 is 0 Å². The fourth-order valence-electron chi connectivity index (χ4n) is 5.34. The van der Waals surface area contributed by atoms with Crippen molar-refractivity contribution in [1.82, 2.24) is 15.5 Å². The van der Waals surface area contributed by atoms with Crippen LogP contribution in [0.15, 0.2) is 48.5 Å². The topological polar surface area (TPSA) is 114 Å². The van der Waals surface area contributed by atoms with Crippen molar-refractivity contribution < 1.29 is 28.7 Å². The van der Waals surface area contributed by atoms with E-state index in [1.807, 2.05) is 69.3 Å². The highest BCUT2D eigenvalue weighted by Gasteiger charge is 2.40. The molecule has 0 aliphatic rings. The maximum atomic E-state index is 14.7. The Hall–Kier alpha value is -3.53. The lowest BCUT2D eigenvalue weighted by Crippen LogP contribution is -2.57. The van der Waals surface area contributed by atoms with Gasteiger partial charge >= 0.3 is 12.1 Å². The van der Waals surface area contributed by atoms with E-state index in [4.69, 9.17) is 9.47 Å². The number of amides is 3. The van der Waals surface area contributed by atoms with Crippen LogP contribution in [-0.4, -0.2) is 63.9 Å². The highest BCUT2D eigenvalue weighted by atomic mass is 32.1. The Bertz CT molecular complexity index is 1380. The second-order valence-corrected chi connectivity index (χ2v) is 15.4. The van der Waals surface area contributed by atoms with Crippen LogP contribution in [0, 0.1) is 19.8 Å². The number of hydrogen-bond donors (Lipinski definition) is 3. The molecule has 10 heteroatoms. The Morgan fingerprint density at radius 2 is 1.42 bits per heavy atom. The first kappa shape index (κ1) is 40.6. The second kappa shape index (κ2) is 17.7. The summed E-state index contributed by atoms with van der Waals surface area (Å²) in [6.07, 6.45) is 0.831. The van der Waals surface area contributed by atoms with Crippen molar-refractivity contribution in [2.45, 2.75) is 131 Å². The first-order valence-corrected chi connectivity index (χ1v) is 17.4. The van der Waals surface area contributed by atoms with E-state index in [-0.39, 0.29) is 12.2 Å². The number of carbonyl (C=O) groups excluding carboxylic acids is 4. The summed E-state index contributed by atoms with van der Waals surface area (Å²) >= 11 is 4.43. The number of alkyl carbamates (subject to hydrolysis) is 1. The lowest BCUT2D eigenvalue weighted by molar-refractivity contribution is -0.159. The van der Waals surface area contributed by atoms with Crippen molar-refractivity contribution in [3.63, 3.8) is 0 Å². The molecule has 48 heavy (non-hydrogen) atoms. The Balaban J connectivity index is 2.70. The molecular weight excluding hydrogens is 626 g/mol. The Kier molecular flexibility index (Phi) is 15.0. The minimum Gasteiger partial charge on any atom is -0.458 e. The molecule has 9 nitrogen and oxygen atoms in total. The van der Waals surface area contributed by atoms with Crippen LogP contribution in [0.1, 0.15) is 103 Å². The molecule has 0 heterocycles. The fraction of sp³-hybridized carbons (Fsp3) is 0.579. The molecule has 266 valence electrons. The number of esters is 1. The first-order chi connectivity index (χ1) is 22.2. The minimum absolute atomic E-state index is 0.0266. The third-order valence-corrected chi connectivity index (χ3v) is 7.96. The van der Waals surface area contributed by atoms with Gasteiger partial charge in [-0.1, -0.05) is 67.9 Å². The Morgan fingerprint density at radius 3 is 1.94 bits per heavy atom. The average Bonchev–Trinajstić information content (AvgIpc) is 2.96. The van der Waals surface area contributed by atoms with Crippen LogP contribution in [0.5, 0.6) is 0 Å². The van der Waals surface area contributed by atoms with Crippen LogP contribution in [0.25, 0.3) is 0 Å². The zero-order valence-corrected chi connectivity index (χ0v) is 31.6. The smallest absolute Gasteiger partial charge is 0.408 e. The predicted molar refractivity (Wildman–Crippen MR) is 194 cm³/mol. The third-order valence-electron chi connectivity index (χ3n) is 7.60. The number of thiol groups is 1. The molecule has 2 aromatic carbocycles. The summed E-state index contributed by atoms with van der Waals surface area (Å²) in [6.45, 7) is 20.5. The number of rotatable bonds is 14. The van der Waals surface area contributed by atoms with Gasteiger partial charge in [0.2, 0.25) is 11.8 Å². The molecule has 0 aliphatic carbocycles. The Labute approximate surface area is 293 Å². The molecule has 3 amide bonds. The largest absolute Gasteiger partial charge is 0.458 e. The first-order valence-electron chi connectivity index (χ1n) is 16.8. The standard InChI is InChI=1S/C38H57N3O6S/c1-24(2)17-19-27(5)41(34(43)31(23-48)40-36(45)47-38(9,10)11)32(29-20-18-25(3)21-26(29)4)33(42)39-30(35(44)46-37(6,7)8)22-28-15-13-12-14-16-28/h12-16,18,20-21,24,27,30-32,48H,17,19,22-23H2,1-11H3,(H,39,42)(H,40,45). The average molecular weight is 684 g/mol. The van der Waals surface area contributed by atoms with Crippen LogP contribution >= 0.6 is 12.6 Å². The predicted octanol–water partition coefficient (Wildman–Crippen LogP) is 6.89. The van der Waals surface area contributed by atoms with Gasteiger partial charge in [0.05, 0.1) is 0 Å². The van der Waals surface area contributed by atoms with Crippen LogP contribution in [0.2, 0.25) is 0 Å². The van der Waals surface area contributed by atoms with Gasteiger partial charge in [-0.3, -0.25) is 9.59 Å². The summed E-state index contributed by atoms with van der Waals surface area (Å²) in [5, 5.41) is 5.65. The molecule has 4 unspecified atom stereocenters. The monoisotopic (exact) mass is 683 g/mol. The van der Waals surface area contributed by atoms with Crippen LogP contribution in [0.4, 0.5) is 4.79 Å². The number of aryl methyl sites for hydroxylation is 2. The Morgan fingerprint density at radius 1 is 0.812 bits per heavy atom. The zero-order valence-electron chi connectivity index (χ0n) is 30.7. The number of ether oxygens (including phenoxy) is 2. The molecule has 0 radical (unpaired) electrons. The molecule has 0 saturated heterocycles. The number of benzene rings is 2. The summed E-state index contributed by atoms with van der Waals surface area (Å²) in [5.74, 6) is -1.27. The van der Waals surface area contributed by atoms with Crippen molar-refractivity contribution in [3.8, 4) is 0 Å². The summed E-state index contributed by atoms with van der Waals surface area (Å²) in [5.41, 5.74) is 1.69. The van der Waals surface area contributed by atoms with E-state index in [0.717, 1.165) is 23.1 Å². The quantitative estimate of drug-likeness (QED) is 0.148. The molecule has 4 atom stereocenters. The van der Waals surface area contributed by atoms with E-state index < -0.39 is 59.2 Å². The number of nitrogens with zero attached hydrogens (tertiary/aromatic N) is 1. The van der Waals surface area contributed by atoms with Gasteiger partial charge in [-0.05, 0) is 97.8 Å². The van der Waals surface area contributed by atoms with Crippen molar-refractivity contribution in [2.24, 2.45) is 5.92 Å². The van der Waals surface area contributed by atoms with Gasteiger partial charge in [-0.15, -0.1) is 0 Å². The van der Waals surface area contributed by atoms with Crippen molar-refractivity contribution in [1.29, 1.82) is 0 Å². The number of hydrogen-bond acceptors (Lipinski definition) is 7. The van der Waals surface area contributed by atoms with E-state index in [0.29, 0.717) is 17.9 Å². The highest BCUT2D eigenvalue weighted by Crippen LogP contribution is 2.31. The van der Waals surface area contributed by atoms with E-state index in [1.165, 1.54) is 0 Å². The molecular formula is C38H57N3O6S. The van der Waals surface area contributed by atoms with Crippen molar-refractivity contribution >= 4 is 36.5 Å². The molecule has 0 spiro atoms. The van der Waals surface area contributed by atoms with E-state index in [9.17, 15) is 19.2 Å². The molecule has 0 aromatic heterocycles. The van der Waals surface area contributed by atoms with Gasteiger partial charge in [0.15, 0.2) is 0 Å². The van der Waals surface area contributed by atoms with Crippen LogP contribution < -0.4 is 10.6 Å². The van der Waals surface area contributed by atoms with Crippen LogP contribution in [-0.2, 0) is 30.3 Å². The van der Waals surface area contributed by atoms with Gasteiger partial charge in [0.25, 0.3) is 0 Å². The number of carbonyl (C=O) groups is 4. The summed E-state index contributed by atoms with van der Waals surface area (Å²) in [7, 11) is 0. The van der Waals surface area contributed by atoms with Gasteiger partial charge in [-0.25, -0.2) is 9.59 Å². The molecule has 2 aromatic rings. The normalized spacial score (nSPS) is 14.4. The number of nitrogens with one attached hydrogen (secondary N) is 2. The van der Waals surface area contributed by atoms with Gasteiger partial charge < -0.3 is 25.0 Å². The summed E-state index contributed by atoms with van der Waals surface area (Å²) in [6, 6.07) is 11.4. The summed E-state index contributed by atoms with van der Waals surface area (Å²) < 4.78 is 11.2. The highest BCUT2D eigenvalue weighted by molar-refractivity contribution is 7.80. The summed E-state index contributed by atoms with van der Waals surface area (Å²) in [4.78, 5) is 57.3. The van der Waals surface area contributed by atoms with E-state index in [2.05, 4.69) is 37.1 Å².